The fraction of sp³-hybridized carbons (Fsp3) is 0.200. The number of aliphatic carboxylic acids is 1. The molecule has 0 unspecified atom stereocenters. The lowest BCUT2D eigenvalue weighted by atomic mass is 10.1. The maximum atomic E-state index is 10.8. The highest BCUT2D eigenvalue weighted by Crippen LogP contribution is 2.27. The third kappa shape index (κ3) is 3.17. The van der Waals surface area contributed by atoms with Crippen molar-refractivity contribution in [2.45, 2.75) is 6.42 Å². The summed E-state index contributed by atoms with van der Waals surface area (Å²) in [6, 6.07) is 5.98. The Balaban J connectivity index is 2.95. The lowest BCUT2D eigenvalue weighted by Gasteiger charge is -2.06. The van der Waals surface area contributed by atoms with Gasteiger partial charge in [0.1, 0.15) is 17.3 Å². The molecule has 0 aliphatic rings. The van der Waals surface area contributed by atoms with Crippen LogP contribution in [0, 0.1) is 21.4 Å². The van der Waals surface area contributed by atoms with Gasteiger partial charge in [0, 0.05) is 6.54 Å². The summed E-state index contributed by atoms with van der Waals surface area (Å²) in [5.74, 6) is -1.00. The molecule has 7 nitrogen and oxygen atoms in total. The first kappa shape index (κ1) is 12.4. The number of nitrogens with one attached hydrogen (secondary N) is 1. The zero-order valence-electron chi connectivity index (χ0n) is 8.71. The van der Waals surface area contributed by atoms with E-state index in [-0.39, 0.29) is 29.9 Å². The van der Waals surface area contributed by atoms with Crippen LogP contribution in [0.1, 0.15) is 12.0 Å². The van der Waals surface area contributed by atoms with E-state index in [1.165, 1.54) is 18.2 Å². The molecule has 0 saturated heterocycles. The maximum Gasteiger partial charge on any atom is 0.309 e. The molecule has 0 radical (unpaired) electrons. The van der Waals surface area contributed by atoms with Crippen LogP contribution in [-0.2, 0) is 4.79 Å². The van der Waals surface area contributed by atoms with Gasteiger partial charge in [-0.3, -0.25) is 14.9 Å². The molecule has 7 heteroatoms. The number of nitro groups is 1. The third-order valence-corrected chi connectivity index (χ3v) is 1.99. The van der Waals surface area contributed by atoms with Crippen LogP contribution in [0.3, 0.4) is 0 Å². The Kier molecular flexibility index (Phi) is 4.00. The molecule has 2 N–H and O–H groups in total. The van der Waals surface area contributed by atoms with Crippen molar-refractivity contribution < 1.29 is 14.8 Å². The Bertz CT molecular complexity index is 493. The Morgan fingerprint density at radius 2 is 2.29 bits per heavy atom. The molecule has 0 spiro atoms. The molecule has 0 heterocycles. The van der Waals surface area contributed by atoms with Crippen molar-refractivity contribution in [1.29, 1.82) is 5.26 Å². The number of para-hydroxylation sites is 1. The van der Waals surface area contributed by atoms with Crippen molar-refractivity contribution in [3.05, 3.63) is 33.9 Å². The summed E-state index contributed by atoms with van der Waals surface area (Å²) in [7, 11) is 0. The summed E-state index contributed by atoms with van der Waals surface area (Å²) < 4.78 is 0. The van der Waals surface area contributed by atoms with Gasteiger partial charge in [-0.1, -0.05) is 6.07 Å². The number of nitriles is 1. The fourth-order valence-corrected chi connectivity index (χ4v) is 1.28. The number of benzene rings is 1. The van der Waals surface area contributed by atoms with E-state index in [1.807, 2.05) is 0 Å². The minimum Gasteiger partial charge on any atom is -0.481 e. The van der Waals surface area contributed by atoms with Gasteiger partial charge < -0.3 is 10.4 Å². The van der Waals surface area contributed by atoms with Gasteiger partial charge in [0.05, 0.1) is 11.3 Å². The second-order valence-corrected chi connectivity index (χ2v) is 3.14. The Morgan fingerprint density at radius 1 is 1.59 bits per heavy atom. The first-order valence-electron chi connectivity index (χ1n) is 4.69. The van der Waals surface area contributed by atoms with Crippen LogP contribution in [-0.4, -0.2) is 22.5 Å². The number of carboxylic acid groups (broad SMARTS) is 1. The Hall–Kier alpha value is -2.62. The average Bonchev–Trinajstić information content (AvgIpc) is 2.27. The number of nitrogens with zero attached hydrogens (tertiary/aromatic N) is 2. The van der Waals surface area contributed by atoms with E-state index in [0.717, 1.165) is 0 Å². The molecule has 0 atom stereocenters. The van der Waals surface area contributed by atoms with E-state index in [9.17, 15) is 14.9 Å². The predicted molar refractivity (Wildman–Crippen MR) is 58.6 cm³/mol. The molecule has 0 aliphatic carbocycles. The summed E-state index contributed by atoms with van der Waals surface area (Å²) in [6.07, 6.45) is -0.159. The van der Waals surface area contributed by atoms with Crippen LogP contribution >= 0.6 is 0 Å². The number of carboxylic acids is 1. The van der Waals surface area contributed by atoms with Crippen molar-refractivity contribution in [3.8, 4) is 6.07 Å². The predicted octanol–water partition coefficient (Wildman–Crippen LogP) is 1.35. The molecule has 0 bridgehead atoms. The van der Waals surface area contributed by atoms with Crippen LogP contribution in [0.25, 0.3) is 0 Å². The summed E-state index contributed by atoms with van der Waals surface area (Å²) >= 11 is 0. The monoisotopic (exact) mass is 235 g/mol. The van der Waals surface area contributed by atoms with E-state index < -0.39 is 10.9 Å². The number of hydrogen-bond acceptors (Lipinski definition) is 5. The topological polar surface area (TPSA) is 116 Å². The lowest BCUT2D eigenvalue weighted by molar-refractivity contribution is -0.384. The zero-order chi connectivity index (χ0) is 12.8. The lowest BCUT2D eigenvalue weighted by Crippen LogP contribution is -2.09. The molecule has 0 fully saturated rings. The first-order valence-corrected chi connectivity index (χ1v) is 4.69. The van der Waals surface area contributed by atoms with E-state index >= 15 is 0 Å². The summed E-state index contributed by atoms with van der Waals surface area (Å²) in [5.41, 5.74) is -0.244. The number of nitro benzene ring substituents is 1. The molecule has 88 valence electrons. The molecule has 0 aliphatic heterocycles. The van der Waals surface area contributed by atoms with Crippen LogP contribution in [0.5, 0.6) is 0 Å². The van der Waals surface area contributed by atoms with Gasteiger partial charge in [-0.15, -0.1) is 0 Å². The molecule has 1 rings (SSSR count). The molecule has 0 amide bonds. The smallest absolute Gasteiger partial charge is 0.309 e. The first-order chi connectivity index (χ1) is 8.06. The van der Waals surface area contributed by atoms with E-state index in [2.05, 4.69) is 5.32 Å². The molecular formula is C10H9N3O4. The number of hydrogen-bond donors (Lipinski definition) is 2. The Morgan fingerprint density at radius 3 is 2.82 bits per heavy atom. The molecular weight excluding hydrogens is 226 g/mol. The van der Waals surface area contributed by atoms with E-state index in [0.29, 0.717) is 0 Å². The second-order valence-electron chi connectivity index (χ2n) is 3.14. The SMILES string of the molecule is N#Cc1cccc(NCCC(=O)O)c1[N+](=O)[O-]. The van der Waals surface area contributed by atoms with E-state index in [1.54, 1.807) is 6.07 Å². The number of anilines is 1. The van der Waals surface area contributed by atoms with Gasteiger partial charge in [-0.2, -0.15) is 5.26 Å². The highest BCUT2D eigenvalue weighted by atomic mass is 16.6. The molecule has 1 aromatic carbocycles. The second kappa shape index (κ2) is 5.46. The summed E-state index contributed by atoms with van der Waals surface area (Å²) in [4.78, 5) is 20.4. The van der Waals surface area contributed by atoms with Crippen LogP contribution < -0.4 is 5.32 Å². The number of rotatable bonds is 5. The third-order valence-electron chi connectivity index (χ3n) is 1.99. The highest BCUT2D eigenvalue weighted by Gasteiger charge is 2.19. The van der Waals surface area contributed by atoms with Gasteiger partial charge in [-0.25, -0.2) is 0 Å². The zero-order valence-corrected chi connectivity index (χ0v) is 8.71. The van der Waals surface area contributed by atoms with Crippen LogP contribution in [0.2, 0.25) is 0 Å². The van der Waals surface area contributed by atoms with Gasteiger partial charge in [0.25, 0.3) is 0 Å². The van der Waals surface area contributed by atoms with Gasteiger partial charge in [0.2, 0.25) is 0 Å². The highest BCUT2D eigenvalue weighted by molar-refractivity contribution is 5.70. The van der Waals surface area contributed by atoms with Gasteiger partial charge in [-0.05, 0) is 12.1 Å². The molecule has 1 aromatic rings. The molecule has 0 saturated carbocycles. The summed E-state index contributed by atoms with van der Waals surface area (Å²) in [6.45, 7) is 0.0606. The van der Waals surface area contributed by atoms with Crippen molar-refractivity contribution in [1.82, 2.24) is 0 Å². The van der Waals surface area contributed by atoms with Crippen molar-refractivity contribution in [3.63, 3.8) is 0 Å². The van der Waals surface area contributed by atoms with Gasteiger partial charge >= 0.3 is 11.7 Å². The summed E-state index contributed by atoms with van der Waals surface area (Å²) in [5, 5.41) is 30.6. The van der Waals surface area contributed by atoms with Crippen LogP contribution in [0.15, 0.2) is 18.2 Å². The van der Waals surface area contributed by atoms with E-state index in [4.69, 9.17) is 10.4 Å². The van der Waals surface area contributed by atoms with Gasteiger partial charge in [0.15, 0.2) is 0 Å². The standard InChI is InChI=1S/C10H9N3O4/c11-6-7-2-1-3-8(10(7)13(16)17)12-5-4-9(14)15/h1-3,12H,4-5H2,(H,14,15). The quantitative estimate of drug-likeness (QED) is 0.587. The average molecular weight is 235 g/mol. The molecule has 17 heavy (non-hydrogen) atoms. The number of carbonyl (C=O) groups is 1. The van der Waals surface area contributed by atoms with Crippen molar-refractivity contribution in [2.75, 3.05) is 11.9 Å². The minimum atomic E-state index is -1.00. The normalized spacial score (nSPS) is 9.35. The minimum absolute atomic E-state index is 0.0599. The largest absolute Gasteiger partial charge is 0.481 e. The van der Waals surface area contributed by atoms with Crippen molar-refractivity contribution in [2.24, 2.45) is 0 Å². The van der Waals surface area contributed by atoms with Crippen LogP contribution in [0.4, 0.5) is 11.4 Å². The fourth-order valence-electron chi connectivity index (χ4n) is 1.28. The Labute approximate surface area is 96.4 Å². The molecule has 0 aromatic heterocycles. The maximum absolute atomic E-state index is 10.8. The van der Waals surface area contributed by atoms with Crippen molar-refractivity contribution >= 4 is 17.3 Å².